The van der Waals surface area contributed by atoms with Crippen molar-refractivity contribution in [3.05, 3.63) is 54.4 Å². The van der Waals surface area contributed by atoms with Gasteiger partial charge < -0.3 is 5.32 Å². The zero-order chi connectivity index (χ0) is 16.8. The molecule has 4 nitrogen and oxygen atoms in total. The molecule has 0 radical (unpaired) electrons. The third-order valence-electron chi connectivity index (χ3n) is 5.12. The molecule has 4 heteroatoms. The summed E-state index contributed by atoms with van der Waals surface area (Å²) >= 11 is 0. The monoisotopic (exact) mass is 326 g/mol. The molecule has 1 aromatic heterocycles. The Labute approximate surface area is 145 Å². The predicted octanol–water partition coefficient (Wildman–Crippen LogP) is 3.48. The third-order valence-corrected chi connectivity index (χ3v) is 5.12. The van der Waals surface area contributed by atoms with Gasteiger partial charge in [-0.3, -0.25) is 9.58 Å². The van der Waals surface area contributed by atoms with Crippen molar-refractivity contribution in [2.75, 3.05) is 19.6 Å². The Morgan fingerprint density at radius 1 is 1.08 bits per heavy atom. The molecule has 24 heavy (non-hydrogen) atoms. The largest absolute Gasteiger partial charge is 0.307 e. The zero-order valence-electron chi connectivity index (χ0n) is 15.0. The first-order valence-corrected chi connectivity index (χ1v) is 9.16. The molecule has 3 rings (SSSR count). The van der Waals surface area contributed by atoms with E-state index >= 15 is 0 Å². The molecule has 2 aromatic rings. The fourth-order valence-corrected chi connectivity index (χ4v) is 3.55. The Bertz CT molecular complexity index is 585. The van der Waals surface area contributed by atoms with E-state index in [0.717, 1.165) is 13.1 Å². The highest BCUT2D eigenvalue weighted by atomic mass is 15.3. The zero-order valence-corrected chi connectivity index (χ0v) is 15.0. The summed E-state index contributed by atoms with van der Waals surface area (Å²) in [5.74, 6) is 0. The predicted molar refractivity (Wildman–Crippen MR) is 98.9 cm³/mol. The average Bonchev–Trinajstić information content (AvgIpc) is 3.13. The molecule has 0 amide bonds. The number of piperidine rings is 1. The Morgan fingerprint density at radius 3 is 2.50 bits per heavy atom. The minimum Gasteiger partial charge on any atom is -0.307 e. The van der Waals surface area contributed by atoms with Gasteiger partial charge >= 0.3 is 0 Å². The van der Waals surface area contributed by atoms with Crippen LogP contribution >= 0.6 is 0 Å². The highest BCUT2D eigenvalue weighted by Gasteiger charge is 2.28. The van der Waals surface area contributed by atoms with Crippen molar-refractivity contribution in [3.63, 3.8) is 0 Å². The molecule has 1 saturated heterocycles. The Kier molecular flexibility index (Phi) is 5.69. The number of nitrogens with one attached hydrogen (secondary N) is 1. The summed E-state index contributed by atoms with van der Waals surface area (Å²) in [5.41, 5.74) is 1.50. The maximum absolute atomic E-state index is 4.38. The van der Waals surface area contributed by atoms with Crippen LogP contribution in [0.4, 0.5) is 0 Å². The summed E-state index contributed by atoms with van der Waals surface area (Å²) in [6.07, 6.45) is 7.93. The standard InChI is InChI=1S/C20H30N4/c1-20(2,23-13-7-4-8-14-23)17-21-19(16-24-15-9-12-22-24)18-10-5-3-6-11-18/h3,5-6,9-12,15,19,21H,4,7-8,13-14,16-17H2,1-2H3. The van der Waals surface area contributed by atoms with E-state index in [1.807, 2.05) is 23.1 Å². The summed E-state index contributed by atoms with van der Waals surface area (Å²) in [6, 6.07) is 13.0. The smallest absolute Gasteiger partial charge is 0.0604 e. The minimum atomic E-state index is 0.178. The molecule has 2 heterocycles. The third kappa shape index (κ3) is 4.46. The molecular formula is C20H30N4. The second-order valence-electron chi connectivity index (χ2n) is 7.43. The molecular weight excluding hydrogens is 296 g/mol. The second-order valence-corrected chi connectivity index (χ2v) is 7.43. The lowest BCUT2D eigenvalue weighted by Crippen LogP contribution is -2.53. The second kappa shape index (κ2) is 7.95. The maximum atomic E-state index is 4.38. The lowest BCUT2D eigenvalue weighted by atomic mass is 9.97. The van der Waals surface area contributed by atoms with E-state index < -0.39 is 0 Å². The maximum Gasteiger partial charge on any atom is 0.0604 e. The van der Waals surface area contributed by atoms with E-state index in [0.29, 0.717) is 0 Å². The molecule has 1 unspecified atom stereocenters. The summed E-state index contributed by atoms with van der Waals surface area (Å²) in [7, 11) is 0. The topological polar surface area (TPSA) is 33.1 Å². The summed E-state index contributed by atoms with van der Waals surface area (Å²) in [5, 5.41) is 8.19. The van der Waals surface area contributed by atoms with Crippen molar-refractivity contribution >= 4 is 0 Å². The van der Waals surface area contributed by atoms with Gasteiger partial charge in [-0.15, -0.1) is 0 Å². The van der Waals surface area contributed by atoms with Gasteiger partial charge in [-0.25, -0.2) is 0 Å². The molecule has 1 aliphatic heterocycles. The SMILES string of the molecule is CC(C)(CNC(Cn1cccn1)c1ccccc1)N1CCCCC1. The fraction of sp³-hybridized carbons (Fsp3) is 0.550. The van der Waals surface area contributed by atoms with Crippen molar-refractivity contribution in [2.45, 2.75) is 51.2 Å². The van der Waals surface area contributed by atoms with E-state index in [2.05, 4.69) is 59.5 Å². The number of aromatic nitrogens is 2. The van der Waals surface area contributed by atoms with Gasteiger partial charge in [0, 0.05) is 24.5 Å². The normalized spacial score (nSPS) is 17.8. The van der Waals surface area contributed by atoms with Gasteiger partial charge in [0.1, 0.15) is 0 Å². The van der Waals surface area contributed by atoms with Crippen LogP contribution in [0.2, 0.25) is 0 Å². The van der Waals surface area contributed by atoms with Crippen LogP contribution in [0.15, 0.2) is 48.8 Å². The molecule has 0 bridgehead atoms. The molecule has 0 saturated carbocycles. The summed E-state index contributed by atoms with van der Waals surface area (Å²) in [4.78, 5) is 2.64. The van der Waals surface area contributed by atoms with Crippen LogP contribution in [0, 0.1) is 0 Å². The number of benzene rings is 1. The van der Waals surface area contributed by atoms with Gasteiger partial charge in [0.2, 0.25) is 0 Å². The first-order valence-electron chi connectivity index (χ1n) is 9.16. The molecule has 130 valence electrons. The average molecular weight is 326 g/mol. The van der Waals surface area contributed by atoms with Crippen LogP contribution in [-0.4, -0.2) is 39.9 Å². The van der Waals surface area contributed by atoms with E-state index in [9.17, 15) is 0 Å². The first-order chi connectivity index (χ1) is 11.6. The number of likely N-dealkylation sites (tertiary alicyclic amines) is 1. The van der Waals surface area contributed by atoms with Crippen molar-refractivity contribution in [1.82, 2.24) is 20.0 Å². The molecule has 1 N–H and O–H groups in total. The molecule has 0 spiro atoms. The van der Waals surface area contributed by atoms with E-state index in [-0.39, 0.29) is 11.6 Å². The van der Waals surface area contributed by atoms with E-state index in [4.69, 9.17) is 0 Å². The van der Waals surface area contributed by atoms with Crippen LogP contribution in [0.3, 0.4) is 0 Å². The van der Waals surface area contributed by atoms with Gasteiger partial charge in [0.15, 0.2) is 0 Å². The molecule has 1 aliphatic rings. The van der Waals surface area contributed by atoms with Crippen LogP contribution in [-0.2, 0) is 6.54 Å². The highest BCUT2D eigenvalue weighted by Crippen LogP contribution is 2.22. The van der Waals surface area contributed by atoms with Crippen LogP contribution in [0.25, 0.3) is 0 Å². The summed E-state index contributed by atoms with van der Waals surface area (Å²) < 4.78 is 2.01. The van der Waals surface area contributed by atoms with Gasteiger partial charge in [-0.2, -0.15) is 5.10 Å². The van der Waals surface area contributed by atoms with Gasteiger partial charge in [0.25, 0.3) is 0 Å². The number of hydrogen-bond donors (Lipinski definition) is 1. The lowest BCUT2D eigenvalue weighted by Gasteiger charge is -2.42. The van der Waals surface area contributed by atoms with E-state index in [1.54, 1.807) is 0 Å². The number of rotatable bonds is 7. The van der Waals surface area contributed by atoms with Crippen molar-refractivity contribution in [3.8, 4) is 0 Å². The summed E-state index contributed by atoms with van der Waals surface area (Å²) in [6.45, 7) is 9.01. The van der Waals surface area contributed by atoms with Crippen LogP contribution in [0.5, 0.6) is 0 Å². The lowest BCUT2D eigenvalue weighted by molar-refractivity contribution is 0.0909. The fourth-order valence-electron chi connectivity index (χ4n) is 3.55. The Hall–Kier alpha value is -1.65. The Balaban J connectivity index is 1.67. The Morgan fingerprint density at radius 2 is 1.83 bits per heavy atom. The van der Waals surface area contributed by atoms with Gasteiger partial charge in [-0.1, -0.05) is 36.8 Å². The van der Waals surface area contributed by atoms with E-state index in [1.165, 1.54) is 37.9 Å². The van der Waals surface area contributed by atoms with Gasteiger partial charge in [0.05, 0.1) is 12.6 Å². The number of hydrogen-bond acceptors (Lipinski definition) is 3. The molecule has 1 aromatic carbocycles. The van der Waals surface area contributed by atoms with Crippen LogP contribution in [0.1, 0.15) is 44.7 Å². The van der Waals surface area contributed by atoms with Crippen molar-refractivity contribution in [1.29, 1.82) is 0 Å². The number of nitrogens with zero attached hydrogens (tertiary/aromatic N) is 3. The molecule has 1 atom stereocenters. The minimum absolute atomic E-state index is 0.178. The van der Waals surface area contributed by atoms with Crippen LogP contribution < -0.4 is 5.32 Å². The first kappa shape index (κ1) is 17.2. The highest BCUT2D eigenvalue weighted by molar-refractivity contribution is 5.19. The van der Waals surface area contributed by atoms with Crippen molar-refractivity contribution in [2.24, 2.45) is 0 Å². The van der Waals surface area contributed by atoms with Gasteiger partial charge in [-0.05, 0) is 51.4 Å². The van der Waals surface area contributed by atoms with Crippen molar-refractivity contribution < 1.29 is 0 Å². The molecule has 1 fully saturated rings. The molecule has 0 aliphatic carbocycles. The quantitative estimate of drug-likeness (QED) is 0.845.